The number of rotatable bonds is 0. The fourth-order valence-corrected chi connectivity index (χ4v) is 2.38. The van der Waals surface area contributed by atoms with Gasteiger partial charge in [-0.05, 0) is 17.0 Å². The van der Waals surface area contributed by atoms with Crippen molar-refractivity contribution in [3.8, 4) is 0 Å². The van der Waals surface area contributed by atoms with Crippen LogP contribution in [0.25, 0.3) is 0 Å². The standard InChI is InChI=1S/C8H8F3NS/c9-8(10,11)7-3-6-5(4-12-7)1-2-13-6/h1-2,7,12H,3-4H2. The molecule has 0 bridgehead atoms. The molecule has 1 aromatic heterocycles. The third-order valence-corrected chi connectivity index (χ3v) is 3.15. The van der Waals surface area contributed by atoms with E-state index < -0.39 is 12.2 Å². The van der Waals surface area contributed by atoms with Crippen molar-refractivity contribution in [2.75, 3.05) is 0 Å². The number of alkyl halides is 3. The molecule has 1 unspecified atom stereocenters. The average molecular weight is 207 g/mol. The van der Waals surface area contributed by atoms with Crippen molar-refractivity contribution in [1.82, 2.24) is 5.32 Å². The number of thiophene rings is 1. The number of nitrogens with one attached hydrogen (secondary N) is 1. The second kappa shape index (κ2) is 2.99. The summed E-state index contributed by atoms with van der Waals surface area (Å²) in [6.45, 7) is 0.336. The highest BCUT2D eigenvalue weighted by Crippen LogP contribution is 2.30. The van der Waals surface area contributed by atoms with Gasteiger partial charge in [-0.2, -0.15) is 13.2 Å². The van der Waals surface area contributed by atoms with Crippen LogP contribution in [0.1, 0.15) is 10.4 Å². The van der Waals surface area contributed by atoms with E-state index in [1.54, 1.807) is 0 Å². The maximum Gasteiger partial charge on any atom is 0.404 e. The molecular formula is C8H8F3NS. The third kappa shape index (κ3) is 1.71. The molecule has 0 aromatic carbocycles. The molecule has 0 amide bonds. The van der Waals surface area contributed by atoms with E-state index >= 15 is 0 Å². The van der Waals surface area contributed by atoms with Crippen molar-refractivity contribution in [3.05, 3.63) is 21.9 Å². The maximum absolute atomic E-state index is 12.3. The minimum absolute atomic E-state index is 0.0799. The normalized spacial score (nSPS) is 22.8. The van der Waals surface area contributed by atoms with Gasteiger partial charge in [-0.3, -0.25) is 0 Å². The molecular weight excluding hydrogens is 199 g/mol. The Morgan fingerprint density at radius 3 is 2.92 bits per heavy atom. The molecule has 1 nitrogen and oxygen atoms in total. The van der Waals surface area contributed by atoms with Crippen LogP contribution < -0.4 is 5.32 Å². The molecule has 1 aliphatic rings. The molecule has 0 aliphatic carbocycles. The lowest BCUT2D eigenvalue weighted by Crippen LogP contribution is -2.45. The SMILES string of the molecule is FC(F)(F)C1Cc2sccc2CN1. The zero-order chi connectivity index (χ0) is 9.47. The Morgan fingerprint density at radius 1 is 1.46 bits per heavy atom. The van der Waals surface area contributed by atoms with Gasteiger partial charge in [-0.25, -0.2) is 0 Å². The summed E-state index contributed by atoms with van der Waals surface area (Å²) in [7, 11) is 0. The molecule has 1 atom stereocenters. The molecule has 2 rings (SSSR count). The van der Waals surface area contributed by atoms with Crippen LogP contribution in [0.2, 0.25) is 0 Å². The lowest BCUT2D eigenvalue weighted by molar-refractivity contribution is -0.156. The quantitative estimate of drug-likeness (QED) is 0.688. The summed E-state index contributed by atoms with van der Waals surface area (Å²) in [6.07, 6.45) is -4.04. The maximum atomic E-state index is 12.3. The van der Waals surface area contributed by atoms with E-state index in [4.69, 9.17) is 0 Å². The van der Waals surface area contributed by atoms with Crippen LogP contribution in [0, 0.1) is 0 Å². The second-order valence-electron chi connectivity index (χ2n) is 3.05. The Hall–Kier alpha value is -0.550. The van der Waals surface area contributed by atoms with E-state index in [9.17, 15) is 13.2 Å². The van der Waals surface area contributed by atoms with Gasteiger partial charge in [-0.15, -0.1) is 11.3 Å². The van der Waals surface area contributed by atoms with Gasteiger partial charge >= 0.3 is 6.18 Å². The highest BCUT2D eigenvalue weighted by molar-refractivity contribution is 7.10. The summed E-state index contributed by atoms with van der Waals surface area (Å²) in [5.74, 6) is 0. The molecule has 2 heterocycles. The minimum Gasteiger partial charge on any atom is -0.302 e. The van der Waals surface area contributed by atoms with E-state index in [1.807, 2.05) is 11.4 Å². The van der Waals surface area contributed by atoms with Crippen LogP contribution in [-0.4, -0.2) is 12.2 Å². The smallest absolute Gasteiger partial charge is 0.302 e. The van der Waals surface area contributed by atoms with Crippen LogP contribution in [0.3, 0.4) is 0 Å². The molecule has 0 fully saturated rings. The van der Waals surface area contributed by atoms with Crippen LogP contribution in [0.5, 0.6) is 0 Å². The average Bonchev–Trinajstić information content (AvgIpc) is 2.47. The fourth-order valence-electron chi connectivity index (χ4n) is 1.43. The van der Waals surface area contributed by atoms with Crippen LogP contribution in [0.4, 0.5) is 13.2 Å². The summed E-state index contributed by atoms with van der Waals surface area (Å²) < 4.78 is 36.9. The lowest BCUT2D eigenvalue weighted by atomic mass is 10.0. The fraction of sp³-hybridized carbons (Fsp3) is 0.500. The molecule has 1 aliphatic heterocycles. The van der Waals surface area contributed by atoms with Crippen LogP contribution >= 0.6 is 11.3 Å². The number of fused-ring (bicyclic) bond motifs is 1. The Bertz CT molecular complexity index is 305. The number of halogens is 3. The van der Waals surface area contributed by atoms with E-state index in [1.165, 1.54) is 11.3 Å². The van der Waals surface area contributed by atoms with Crippen LogP contribution in [-0.2, 0) is 13.0 Å². The topological polar surface area (TPSA) is 12.0 Å². The van der Waals surface area contributed by atoms with Gasteiger partial charge in [0.05, 0.1) is 0 Å². The zero-order valence-electron chi connectivity index (χ0n) is 6.69. The number of hydrogen-bond donors (Lipinski definition) is 1. The van der Waals surface area contributed by atoms with Gasteiger partial charge in [-0.1, -0.05) is 0 Å². The van der Waals surface area contributed by atoms with Gasteiger partial charge in [0.25, 0.3) is 0 Å². The first kappa shape index (κ1) is 9.02. The molecule has 0 saturated carbocycles. The monoisotopic (exact) mass is 207 g/mol. The van der Waals surface area contributed by atoms with Gasteiger partial charge in [0, 0.05) is 17.8 Å². The minimum atomic E-state index is -4.12. The molecule has 1 aromatic rings. The summed E-state index contributed by atoms with van der Waals surface area (Å²) in [5, 5.41) is 4.32. The Morgan fingerprint density at radius 2 is 2.23 bits per heavy atom. The van der Waals surface area contributed by atoms with Crippen molar-refractivity contribution >= 4 is 11.3 Å². The first-order chi connectivity index (χ1) is 6.07. The molecule has 0 spiro atoms. The van der Waals surface area contributed by atoms with Crippen molar-refractivity contribution in [2.24, 2.45) is 0 Å². The van der Waals surface area contributed by atoms with E-state index in [2.05, 4.69) is 5.32 Å². The summed E-state index contributed by atoms with van der Waals surface area (Å²) in [4.78, 5) is 0.862. The Balaban J connectivity index is 2.18. The molecule has 72 valence electrons. The number of hydrogen-bond acceptors (Lipinski definition) is 2. The Labute approximate surface area is 77.6 Å². The zero-order valence-corrected chi connectivity index (χ0v) is 7.50. The predicted molar refractivity (Wildman–Crippen MR) is 44.7 cm³/mol. The van der Waals surface area contributed by atoms with Crippen molar-refractivity contribution in [3.63, 3.8) is 0 Å². The van der Waals surface area contributed by atoms with Crippen molar-refractivity contribution in [1.29, 1.82) is 0 Å². The summed E-state index contributed by atoms with van der Waals surface area (Å²) >= 11 is 1.41. The van der Waals surface area contributed by atoms with Crippen molar-refractivity contribution in [2.45, 2.75) is 25.2 Å². The molecule has 5 heteroatoms. The Kier molecular flexibility index (Phi) is 2.08. The summed E-state index contributed by atoms with van der Waals surface area (Å²) in [5.41, 5.74) is 1.01. The molecule has 1 N–H and O–H groups in total. The third-order valence-electron chi connectivity index (χ3n) is 2.16. The molecule has 0 saturated heterocycles. The van der Waals surface area contributed by atoms with E-state index in [-0.39, 0.29) is 6.42 Å². The van der Waals surface area contributed by atoms with Crippen LogP contribution in [0.15, 0.2) is 11.4 Å². The highest BCUT2D eigenvalue weighted by Gasteiger charge is 2.41. The van der Waals surface area contributed by atoms with E-state index in [0.29, 0.717) is 6.54 Å². The summed E-state index contributed by atoms with van der Waals surface area (Å²) in [6, 6.07) is 0.512. The van der Waals surface area contributed by atoms with Gasteiger partial charge in [0.15, 0.2) is 0 Å². The van der Waals surface area contributed by atoms with Gasteiger partial charge in [0.1, 0.15) is 6.04 Å². The van der Waals surface area contributed by atoms with Crippen molar-refractivity contribution < 1.29 is 13.2 Å². The predicted octanol–water partition coefficient (Wildman–Crippen LogP) is 2.32. The first-order valence-corrected chi connectivity index (χ1v) is 4.80. The second-order valence-corrected chi connectivity index (χ2v) is 4.05. The highest BCUT2D eigenvalue weighted by atomic mass is 32.1. The van der Waals surface area contributed by atoms with E-state index in [0.717, 1.165) is 10.4 Å². The molecule has 0 radical (unpaired) electrons. The first-order valence-electron chi connectivity index (χ1n) is 3.93. The molecule has 13 heavy (non-hydrogen) atoms. The largest absolute Gasteiger partial charge is 0.404 e. The lowest BCUT2D eigenvalue weighted by Gasteiger charge is -2.25. The van der Waals surface area contributed by atoms with Gasteiger partial charge in [0.2, 0.25) is 0 Å². The van der Waals surface area contributed by atoms with Gasteiger partial charge < -0.3 is 5.32 Å².